The van der Waals surface area contributed by atoms with Crippen LogP contribution >= 0.6 is 0 Å². The number of hydrogen-bond donors (Lipinski definition) is 3. The van der Waals surface area contributed by atoms with Crippen LogP contribution in [0, 0.1) is 0 Å². The molecule has 3 N–H and O–H groups in total. The average molecular weight is 242 g/mol. The molecule has 7 heteroatoms. The Labute approximate surface area is 92.2 Å². The Hall–Kier alpha value is -0.820. The van der Waals surface area contributed by atoms with E-state index in [9.17, 15) is 18.0 Å². The zero-order valence-electron chi connectivity index (χ0n) is 9.10. The van der Waals surface area contributed by atoms with Crippen molar-refractivity contribution < 1.29 is 23.1 Å². The molecule has 0 rings (SSSR count). The van der Waals surface area contributed by atoms with Gasteiger partial charge in [0.2, 0.25) is 5.91 Å². The Balaban J connectivity index is 3.57. The zero-order valence-corrected chi connectivity index (χ0v) is 9.10. The van der Waals surface area contributed by atoms with Gasteiger partial charge in [-0.25, -0.2) is 0 Å². The topological polar surface area (TPSA) is 61.4 Å². The lowest BCUT2D eigenvalue weighted by atomic mass is 10.2. The van der Waals surface area contributed by atoms with Crippen LogP contribution in [-0.2, 0) is 4.79 Å². The van der Waals surface area contributed by atoms with Gasteiger partial charge in [0, 0.05) is 12.6 Å². The van der Waals surface area contributed by atoms with E-state index in [-0.39, 0.29) is 19.2 Å². The Morgan fingerprint density at radius 1 is 1.44 bits per heavy atom. The molecular weight excluding hydrogens is 225 g/mol. The van der Waals surface area contributed by atoms with Crippen molar-refractivity contribution in [3.05, 3.63) is 0 Å². The van der Waals surface area contributed by atoms with Crippen molar-refractivity contribution >= 4 is 5.91 Å². The van der Waals surface area contributed by atoms with Gasteiger partial charge in [-0.2, -0.15) is 13.2 Å². The molecule has 0 aliphatic carbocycles. The van der Waals surface area contributed by atoms with Gasteiger partial charge in [0.15, 0.2) is 0 Å². The predicted molar refractivity (Wildman–Crippen MR) is 52.8 cm³/mol. The molecule has 0 radical (unpaired) electrons. The highest BCUT2D eigenvalue weighted by Crippen LogP contribution is 2.11. The maximum Gasteiger partial charge on any atom is 0.405 e. The van der Waals surface area contributed by atoms with E-state index in [1.807, 2.05) is 0 Å². The summed E-state index contributed by atoms with van der Waals surface area (Å²) in [5, 5.41) is 13.1. The summed E-state index contributed by atoms with van der Waals surface area (Å²) in [6.07, 6.45) is -3.11. The predicted octanol–water partition coefficient (Wildman–Crippen LogP) is 0.415. The van der Waals surface area contributed by atoms with Gasteiger partial charge in [-0.05, 0) is 19.8 Å². The molecule has 0 saturated heterocycles. The molecule has 96 valence electrons. The summed E-state index contributed by atoms with van der Waals surface area (Å²) in [7, 11) is 0. The Morgan fingerprint density at radius 3 is 2.56 bits per heavy atom. The van der Waals surface area contributed by atoms with E-state index in [1.165, 1.54) is 0 Å². The molecule has 0 heterocycles. The number of carbonyl (C=O) groups is 1. The number of aliphatic hydroxyl groups is 1. The third kappa shape index (κ3) is 9.72. The number of amides is 1. The van der Waals surface area contributed by atoms with Gasteiger partial charge in [0.05, 0.1) is 6.54 Å². The second kappa shape index (κ2) is 7.45. The maximum absolute atomic E-state index is 11.7. The lowest BCUT2D eigenvalue weighted by Gasteiger charge is -2.13. The molecule has 1 atom stereocenters. The van der Waals surface area contributed by atoms with Gasteiger partial charge in [0.25, 0.3) is 0 Å². The number of halogens is 3. The second-order valence-electron chi connectivity index (χ2n) is 3.54. The first-order chi connectivity index (χ1) is 7.35. The van der Waals surface area contributed by atoms with Crippen LogP contribution in [0.4, 0.5) is 13.2 Å². The zero-order chi connectivity index (χ0) is 12.6. The van der Waals surface area contributed by atoms with E-state index < -0.39 is 18.6 Å². The minimum absolute atomic E-state index is 0.0104. The van der Waals surface area contributed by atoms with E-state index in [0.29, 0.717) is 12.8 Å². The normalized spacial score (nSPS) is 13.6. The first-order valence-electron chi connectivity index (χ1n) is 5.03. The molecule has 0 fully saturated rings. The fraction of sp³-hybridized carbons (Fsp3) is 0.889. The summed E-state index contributed by atoms with van der Waals surface area (Å²) in [6, 6.07) is -0.0104. The van der Waals surface area contributed by atoms with Crippen LogP contribution in [0.5, 0.6) is 0 Å². The summed E-state index contributed by atoms with van der Waals surface area (Å²) in [4.78, 5) is 10.9. The molecule has 0 aliphatic heterocycles. The van der Waals surface area contributed by atoms with Crippen LogP contribution in [-0.4, -0.2) is 42.9 Å². The Morgan fingerprint density at radius 2 is 2.06 bits per heavy atom. The molecule has 0 spiro atoms. The highest BCUT2D eigenvalue weighted by Gasteiger charge is 2.27. The van der Waals surface area contributed by atoms with Gasteiger partial charge in [-0.3, -0.25) is 4.79 Å². The lowest BCUT2D eigenvalue weighted by Crippen LogP contribution is -2.41. The van der Waals surface area contributed by atoms with Gasteiger partial charge < -0.3 is 15.7 Å². The average Bonchev–Trinajstić information content (AvgIpc) is 2.19. The minimum Gasteiger partial charge on any atom is -0.396 e. The summed E-state index contributed by atoms with van der Waals surface area (Å²) in [5.41, 5.74) is 0. The van der Waals surface area contributed by atoms with Crippen molar-refractivity contribution in [2.24, 2.45) is 0 Å². The first kappa shape index (κ1) is 15.2. The van der Waals surface area contributed by atoms with Crippen molar-refractivity contribution in [3.8, 4) is 0 Å². The highest BCUT2D eigenvalue weighted by atomic mass is 19.4. The first-order valence-corrected chi connectivity index (χ1v) is 5.03. The molecule has 16 heavy (non-hydrogen) atoms. The maximum atomic E-state index is 11.7. The second-order valence-corrected chi connectivity index (χ2v) is 3.54. The highest BCUT2D eigenvalue weighted by molar-refractivity contribution is 5.78. The third-order valence-electron chi connectivity index (χ3n) is 1.89. The third-order valence-corrected chi connectivity index (χ3v) is 1.89. The summed E-state index contributed by atoms with van der Waals surface area (Å²) < 4.78 is 35.2. The summed E-state index contributed by atoms with van der Waals surface area (Å²) >= 11 is 0. The number of alkyl halides is 3. The smallest absolute Gasteiger partial charge is 0.396 e. The van der Waals surface area contributed by atoms with Crippen LogP contribution in [0.2, 0.25) is 0 Å². The Bertz CT molecular complexity index is 209. The van der Waals surface area contributed by atoms with Crippen molar-refractivity contribution in [3.63, 3.8) is 0 Å². The van der Waals surface area contributed by atoms with Crippen LogP contribution < -0.4 is 10.6 Å². The van der Waals surface area contributed by atoms with Crippen LogP contribution in [0.15, 0.2) is 0 Å². The fourth-order valence-corrected chi connectivity index (χ4v) is 1.03. The molecule has 0 aromatic carbocycles. The number of rotatable bonds is 7. The molecule has 0 saturated carbocycles. The van der Waals surface area contributed by atoms with Gasteiger partial charge in [-0.1, -0.05) is 0 Å². The van der Waals surface area contributed by atoms with Crippen LogP contribution in [0.1, 0.15) is 19.8 Å². The monoisotopic (exact) mass is 242 g/mol. The van der Waals surface area contributed by atoms with Gasteiger partial charge in [-0.15, -0.1) is 0 Å². The number of carbonyl (C=O) groups excluding carboxylic acids is 1. The van der Waals surface area contributed by atoms with Gasteiger partial charge in [0.1, 0.15) is 6.54 Å². The number of aliphatic hydroxyl groups excluding tert-OH is 1. The van der Waals surface area contributed by atoms with E-state index in [2.05, 4.69) is 5.32 Å². The minimum atomic E-state index is -4.38. The molecule has 0 aromatic heterocycles. The summed E-state index contributed by atoms with van der Waals surface area (Å²) in [6.45, 7) is 0.403. The van der Waals surface area contributed by atoms with Gasteiger partial charge >= 0.3 is 6.18 Å². The van der Waals surface area contributed by atoms with Crippen molar-refractivity contribution in [1.82, 2.24) is 10.6 Å². The molecule has 0 aliphatic rings. The number of hydrogen-bond acceptors (Lipinski definition) is 3. The largest absolute Gasteiger partial charge is 0.405 e. The quantitative estimate of drug-likeness (QED) is 0.606. The molecule has 4 nitrogen and oxygen atoms in total. The number of nitrogens with one attached hydrogen (secondary N) is 2. The molecule has 1 unspecified atom stereocenters. The van der Waals surface area contributed by atoms with Crippen molar-refractivity contribution in [2.45, 2.75) is 32.0 Å². The standard InChI is InChI=1S/C9H17F3N2O2/c1-7(3-2-4-15)13-5-8(16)14-6-9(10,11)12/h7,13,15H,2-6H2,1H3,(H,14,16). The fourth-order valence-electron chi connectivity index (χ4n) is 1.03. The Kier molecular flexibility index (Phi) is 7.07. The molecule has 0 bridgehead atoms. The van der Waals surface area contributed by atoms with Crippen molar-refractivity contribution in [1.29, 1.82) is 0 Å². The van der Waals surface area contributed by atoms with E-state index in [4.69, 9.17) is 5.11 Å². The molecular formula is C9H17F3N2O2. The van der Waals surface area contributed by atoms with Crippen LogP contribution in [0.25, 0.3) is 0 Å². The van der Waals surface area contributed by atoms with E-state index in [1.54, 1.807) is 12.2 Å². The molecule has 1 amide bonds. The van der Waals surface area contributed by atoms with Crippen molar-refractivity contribution in [2.75, 3.05) is 19.7 Å². The van der Waals surface area contributed by atoms with E-state index in [0.717, 1.165) is 0 Å². The molecule has 0 aromatic rings. The SMILES string of the molecule is CC(CCCO)NCC(=O)NCC(F)(F)F. The van der Waals surface area contributed by atoms with E-state index >= 15 is 0 Å². The van der Waals surface area contributed by atoms with Crippen LogP contribution in [0.3, 0.4) is 0 Å². The lowest BCUT2D eigenvalue weighted by molar-refractivity contribution is -0.137. The summed E-state index contributed by atoms with van der Waals surface area (Å²) in [5.74, 6) is -0.687.